The molecular formula is C21H26BrNO4S2. The van der Waals surface area contributed by atoms with Crippen LogP contribution in [0.2, 0.25) is 0 Å². The highest BCUT2D eigenvalue weighted by molar-refractivity contribution is 9.10. The van der Waals surface area contributed by atoms with Gasteiger partial charge in [0.05, 0.1) is 12.1 Å². The van der Waals surface area contributed by atoms with Crippen molar-refractivity contribution in [2.45, 2.75) is 53.8 Å². The van der Waals surface area contributed by atoms with Crippen molar-refractivity contribution in [3.05, 3.63) is 35.9 Å². The summed E-state index contributed by atoms with van der Waals surface area (Å²) in [5, 5.41) is 0. The molecule has 0 aliphatic carbocycles. The van der Waals surface area contributed by atoms with E-state index in [2.05, 4.69) is 22.9 Å². The Balaban J connectivity index is 1.46. The highest BCUT2D eigenvalue weighted by Gasteiger charge is 2.49. The Morgan fingerprint density at radius 3 is 2.72 bits per heavy atom. The van der Waals surface area contributed by atoms with E-state index < -0.39 is 10.9 Å². The number of ether oxygens (including phenoxy) is 2. The summed E-state index contributed by atoms with van der Waals surface area (Å²) < 4.78 is 11.5. The van der Waals surface area contributed by atoms with Gasteiger partial charge >= 0.3 is 6.09 Å². The summed E-state index contributed by atoms with van der Waals surface area (Å²) in [6, 6.07) is 9.60. The lowest BCUT2D eigenvalue weighted by molar-refractivity contribution is -0.134. The molecule has 0 unspecified atom stereocenters. The third-order valence-corrected chi connectivity index (χ3v) is 10.2. The number of benzene rings is 1. The number of halogens is 1. The number of alkyl halides is 1. The number of amides is 2. The van der Waals surface area contributed by atoms with Crippen LogP contribution in [0.5, 0.6) is 0 Å². The van der Waals surface area contributed by atoms with Gasteiger partial charge in [0.1, 0.15) is 11.4 Å². The van der Waals surface area contributed by atoms with Gasteiger partial charge in [0.25, 0.3) is 0 Å². The number of hydrogen-bond donors (Lipinski definition) is 0. The summed E-state index contributed by atoms with van der Waals surface area (Å²) in [4.78, 5) is 26.4. The number of rotatable bonds is 4. The van der Waals surface area contributed by atoms with Gasteiger partial charge in [-0.05, 0) is 42.8 Å². The molecule has 1 aromatic carbocycles. The van der Waals surface area contributed by atoms with Crippen LogP contribution in [-0.4, -0.2) is 56.3 Å². The monoisotopic (exact) mass is 499 g/mol. The Morgan fingerprint density at radius 2 is 2.00 bits per heavy atom. The number of carbonyl (C=O) groups excluding carboxylic acids is 2. The molecule has 5 nitrogen and oxygen atoms in total. The van der Waals surface area contributed by atoms with Crippen molar-refractivity contribution in [1.29, 1.82) is 0 Å². The van der Waals surface area contributed by atoms with E-state index in [-0.39, 0.29) is 28.9 Å². The van der Waals surface area contributed by atoms with E-state index in [0.717, 1.165) is 29.9 Å². The van der Waals surface area contributed by atoms with Gasteiger partial charge in [-0.25, -0.2) is 9.69 Å². The van der Waals surface area contributed by atoms with Crippen molar-refractivity contribution in [3.63, 3.8) is 0 Å². The second-order valence-corrected chi connectivity index (χ2v) is 11.7. The van der Waals surface area contributed by atoms with Crippen LogP contribution in [0.15, 0.2) is 30.3 Å². The van der Waals surface area contributed by atoms with Crippen molar-refractivity contribution in [2.75, 3.05) is 18.1 Å². The van der Waals surface area contributed by atoms with Crippen LogP contribution < -0.4 is 0 Å². The zero-order chi connectivity index (χ0) is 20.4. The number of cyclic esters (lactones) is 1. The Hall–Kier alpha value is -0.700. The Kier molecular flexibility index (Phi) is 6.83. The second-order valence-electron chi connectivity index (χ2n) is 7.82. The van der Waals surface area contributed by atoms with Gasteiger partial charge in [0.15, 0.2) is 4.27 Å². The van der Waals surface area contributed by atoms with Gasteiger partial charge in [-0.3, -0.25) is 4.79 Å². The smallest absolute Gasteiger partial charge is 0.417 e. The zero-order valence-corrected chi connectivity index (χ0v) is 19.6. The molecule has 0 radical (unpaired) electrons. The largest absolute Gasteiger partial charge is 0.447 e. The van der Waals surface area contributed by atoms with Gasteiger partial charge in [0.2, 0.25) is 5.91 Å². The molecule has 8 heteroatoms. The summed E-state index contributed by atoms with van der Waals surface area (Å²) >= 11 is 7.31. The number of nitrogens with zero attached hydrogens (tertiary/aromatic N) is 1. The highest BCUT2D eigenvalue weighted by atomic mass is 79.9. The summed E-state index contributed by atoms with van der Waals surface area (Å²) in [6.07, 6.45) is 2.80. The molecular weight excluding hydrogens is 474 g/mol. The summed E-state index contributed by atoms with van der Waals surface area (Å²) in [6.45, 7) is 2.47. The zero-order valence-electron chi connectivity index (χ0n) is 16.4. The molecule has 0 aromatic heterocycles. The van der Waals surface area contributed by atoms with E-state index >= 15 is 0 Å². The van der Waals surface area contributed by atoms with E-state index in [0.29, 0.717) is 12.3 Å². The number of carbonyl (C=O) groups is 2. The summed E-state index contributed by atoms with van der Waals surface area (Å²) in [5.41, 5.74) is 1.08. The molecule has 2 amide bonds. The maximum absolute atomic E-state index is 13.3. The van der Waals surface area contributed by atoms with Crippen molar-refractivity contribution >= 4 is 51.5 Å². The van der Waals surface area contributed by atoms with E-state index in [1.807, 2.05) is 53.9 Å². The molecule has 0 saturated carbocycles. The normalized spacial score (nSPS) is 30.2. The number of hydrogen-bond acceptors (Lipinski definition) is 6. The minimum Gasteiger partial charge on any atom is -0.447 e. The van der Waals surface area contributed by atoms with Crippen molar-refractivity contribution in [3.8, 4) is 0 Å². The third-order valence-electron chi connectivity index (χ3n) is 5.77. The average molecular weight is 500 g/mol. The molecule has 29 heavy (non-hydrogen) atoms. The third kappa shape index (κ3) is 4.50. The van der Waals surface area contributed by atoms with Crippen LogP contribution in [0.3, 0.4) is 0 Å². The molecule has 4 rings (SSSR count). The maximum Gasteiger partial charge on any atom is 0.417 e. The standard InChI is InChI=1S/C21H26BrNO4S2/c1-14-8-9-17(27-21(14)28-10-5-11-29-21)18(22)19(24)23-16(13-26-20(23)25)12-15-6-3-2-4-7-15/h2-4,6-7,14,16-18H,5,8-13H2,1H3/t14-,16-,17+,18-/m1/s1. The van der Waals surface area contributed by atoms with Gasteiger partial charge in [-0.2, -0.15) is 0 Å². The molecule has 3 heterocycles. The Morgan fingerprint density at radius 1 is 1.28 bits per heavy atom. The molecule has 0 bridgehead atoms. The van der Waals surface area contributed by atoms with Gasteiger partial charge in [0, 0.05) is 5.92 Å². The van der Waals surface area contributed by atoms with E-state index in [4.69, 9.17) is 9.47 Å². The predicted molar refractivity (Wildman–Crippen MR) is 120 cm³/mol. The lowest BCUT2D eigenvalue weighted by atomic mass is 9.97. The first-order valence-electron chi connectivity index (χ1n) is 10.1. The first kappa shape index (κ1) is 21.5. The molecule has 3 aliphatic heterocycles. The topological polar surface area (TPSA) is 55.8 Å². The molecule has 4 atom stereocenters. The van der Waals surface area contributed by atoms with E-state index in [9.17, 15) is 9.59 Å². The first-order valence-corrected chi connectivity index (χ1v) is 13.0. The van der Waals surface area contributed by atoms with Gasteiger partial charge in [-0.15, -0.1) is 23.5 Å². The molecule has 3 saturated heterocycles. The molecule has 1 aromatic rings. The SMILES string of the molecule is C[C@@H]1CC[C@@H]([C@@H](Br)C(=O)N2C(=O)OC[C@H]2Cc2ccccc2)OC12SCCCS2. The highest BCUT2D eigenvalue weighted by Crippen LogP contribution is 2.53. The fraction of sp³-hybridized carbons (Fsp3) is 0.619. The van der Waals surface area contributed by atoms with Crippen LogP contribution in [0.25, 0.3) is 0 Å². The molecule has 3 fully saturated rings. The Bertz CT molecular complexity index is 743. The second kappa shape index (κ2) is 9.20. The quantitative estimate of drug-likeness (QED) is 0.560. The van der Waals surface area contributed by atoms with Crippen molar-refractivity contribution < 1.29 is 19.1 Å². The summed E-state index contributed by atoms with van der Waals surface area (Å²) in [7, 11) is 0. The maximum atomic E-state index is 13.3. The first-order chi connectivity index (χ1) is 14.0. The van der Waals surface area contributed by atoms with Crippen molar-refractivity contribution in [2.24, 2.45) is 5.92 Å². The summed E-state index contributed by atoms with van der Waals surface area (Å²) in [5.74, 6) is 2.35. The molecule has 0 N–H and O–H groups in total. The van der Waals surface area contributed by atoms with Crippen molar-refractivity contribution in [1.82, 2.24) is 4.90 Å². The minimum atomic E-state index is -0.557. The molecule has 3 aliphatic rings. The lowest BCUT2D eigenvalue weighted by Gasteiger charge is -2.47. The van der Waals surface area contributed by atoms with Crippen LogP contribution in [0.1, 0.15) is 31.7 Å². The fourth-order valence-electron chi connectivity index (χ4n) is 4.12. The molecule has 1 spiro atoms. The van der Waals surface area contributed by atoms with Crippen LogP contribution in [0.4, 0.5) is 4.79 Å². The average Bonchev–Trinajstić information content (AvgIpc) is 3.10. The van der Waals surface area contributed by atoms with E-state index in [1.165, 1.54) is 11.3 Å². The van der Waals surface area contributed by atoms with Crippen LogP contribution in [-0.2, 0) is 20.7 Å². The van der Waals surface area contributed by atoms with Gasteiger partial charge < -0.3 is 9.47 Å². The van der Waals surface area contributed by atoms with E-state index in [1.54, 1.807) is 0 Å². The molecule has 158 valence electrons. The predicted octanol–water partition coefficient (Wildman–Crippen LogP) is 4.68. The van der Waals surface area contributed by atoms with Crippen LogP contribution in [0, 0.1) is 5.92 Å². The lowest BCUT2D eigenvalue weighted by Crippen LogP contribution is -2.52. The fourth-order valence-corrected chi connectivity index (χ4v) is 8.07. The number of imide groups is 1. The number of thioether (sulfide) groups is 2. The Labute approximate surface area is 188 Å². The minimum absolute atomic E-state index is 0.234. The van der Waals surface area contributed by atoms with Crippen LogP contribution >= 0.6 is 39.5 Å². The van der Waals surface area contributed by atoms with Gasteiger partial charge in [-0.1, -0.05) is 53.2 Å².